The smallest absolute Gasteiger partial charge is 0.323 e. The SMILES string of the molecule is NC(=O)N1c2ccccc2CC(OCc2ccccc2)c2ccccc21. The Hall–Kier alpha value is -3.11. The van der Waals surface area contributed by atoms with Gasteiger partial charge in [-0.15, -0.1) is 0 Å². The summed E-state index contributed by atoms with van der Waals surface area (Å²) in [6, 6.07) is 25.3. The Kier molecular flexibility index (Phi) is 4.42. The van der Waals surface area contributed by atoms with E-state index in [-0.39, 0.29) is 6.10 Å². The average molecular weight is 344 g/mol. The molecule has 0 aliphatic carbocycles. The highest BCUT2D eigenvalue weighted by Gasteiger charge is 2.29. The number of para-hydroxylation sites is 2. The highest BCUT2D eigenvalue weighted by atomic mass is 16.5. The van der Waals surface area contributed by atoms with E-state index in [1.165, 1.54) is 0 Å². The quantitative estimate of drug-likeness (QED) is 0.747. The van der Waals surface area contributed by atoms with Crippen molar-refractivity contribution in [3.05, 3.63) is 95.6 Å². The minimum absolute atomic E-state index is 0.156. The van der Waals surface area contributed by atoms with Crippen LogP contribution >= 0.6 is 0 Å². The van der Waals surface area contributed by atoms with Crippen molar-refractivity contribution in [1.29, 1.82) is 0 Å². The van der Waals surface area contributed by atoms with Crippen LogP contribution in [0.15, 0.2) is 78.9 Å². The molecule has 1 aliphatic rings. The summed E-state index contributed by atoms with van der Waals surface area (Å²) in [5, 5.41) is 0. The number of rotatable bonds is 3. The Morgan fingerprint density at radius 3 is 2.35 bits per heavy atom. The predicted molar refractivity (Wildman–Crippen MR) is 102 cm³/mol. The molecule has 0 spiro atoms. The first-order valence-electron chi connectivity index (χ1n) is 8.66. The number of ether oxygens (including phenoxy) is 1. The van der Waals surface area contributed by atoms with Gasteiger partial charge in [-0.2, -0.15) is 0 Å². The zero-order chi connectivity index (χ0) is 17.9. The fourth-order valence-electron chi connectivity index (χ4n) is 3.46. The van der Waals surface area contributed by atoms with Crippen LogP contribution in [-0.4, -0.2) is 6.03 Å². The standard InChI is InChI=1S/C22H20N2O2/c23-22(25)24-19-12-6-4-10-17(19)14-21(18-11-5-7-13-20(18)24)26-15-16-8-2-1-3-9-16/h1-13,21H,14-15H2,(H2,23,25). The largest absolute Gasteiger partial charge is 0.368 e. The zero-order valence-electron chi connectivity index (χ0n) is 14.3. The summed E-state index contributed by atoms with van der Waals surface area (Å²) in [4.78, 5) is 13.8. The lowest BCUT2D eigenvalue weighted by atomic mass is 10.0. The second-order valence-corrected chi connectivity index (χ2v) is 6.35. The van der Waals surface area contributed by atoms with Gasteiger partial charge >= 0.3 is 6.03 Å². The maximum absolute atomic E-state index is 12.2. The maximum Gasteiger partial charge on any atom is 0.323 e. The Morgan fingerprint density at radius 2 is 1.58 bits per heavy atom. The van der Waals surface area contributed by atoms with Crippen molar-refractivity contribution in [2.24, 2.45) is 5.73 Å². The Balaban J connectivity index is 1.75. The zero-order valence-corrected chi connectivity index (χ0v) is 14.3. The number of nitrogens with two attached hydrogens (primary N) is 1. The third-order valence-corrected chi connectivity index (χ3v) is 4.68. The fraction of sp³-hybridized carbons (Fsp3) is 0.136. The van der Waals surface area contributed by atoms with Crippen molar-refractivity contribution in [3.63, 3.8) is 0 Å². The van der Waals surface area contributed by atoms with Gasteiger partial charge < -0.3 is 10.5 Å². The summed E-state index contributed by atoms with van der Waals surface area (Å²) in [7, 11) is 0. The van der Waals surface area contributed by atoms with E-state index in [2.05, 4.69) is 0 Å². The number of nitrogens with zero attached hydrogens (tertiary/aromatic N) is 1. The van der Waals surface area contributed by atoms with Crippen LogP contribution in [0.25, 0.3) is 0 Å². The van der Waals surface area contributed by atoms with E-state index >= 15 is 0 Å². The number of fused-ring (bicyclic) bond motifs is 2. The van der Waals surface area contributed by atoms with E-state index in [0.29, 0.717) is 13.0 Å². The van der Waals surface area contributed by atoms with Crippen molar-refractivity contribution in [3.8, 4) is 0 Å². The Labute approximate surface area is 152 Å². The van der Waals surface area contributed by atoms with E-state index in [1.54, 1.807) is 4.90 Å². The van der Waals surface area contributed by atoms with Gasteiger partial charge in [-0.3, -0.25) is 4.90 Å². The Morgan fingerprint density at radius 1 is 0.923 bits per heavy atom. The second kappa shape index (κ2) is 7.02. The highest BCUT2D eigenvalue weighted by Crippen LogP contribution is 2.41. The molecule has 0 aromatic heterocycles. The number of carbonyl (C=O) groups excluding carboxylic acids is 1. The van der Waals surface area contributed by atoms with Gasteiger partial charge in [0.1, 0.15) is 0 Å². The minimum Gasteiger partial charge on any atom is -0.368 e. The van der Waals surface area contributed by atoms with Crippen LogP contribution in [0.3, 0.4) is 0 Å². The predicted octanol–water partition coefficient (Wildman–Crippen LogP) is 4.72. The molecule has 1 unspecified atom stereocenters. The Bertz CT molecular complexity index is 924. The van der Waals surface area contributed by atoms with Gasteiger partial charge in [0, 0.05) is 12.0 Å². The first-order valence-corrected chi connectivity index (χ1v) is 8.66. The van der Waals surface area contributed by atoms with E-state index in [4.69, 9.17) is 10.5 Å². The van der Waals surface area contributed by atoms with Gasteiger partial charge in [-0.1, -0.05) is 66.7 Å². The topological polar surface area (TPSA) is 55.6 Å². The van der Waals surface area contributed by atoms with Crippen LogP contribution in [0, 0.1) is 0 Å². The minimum atomic E-state index is -0.492. The summed E-state index contributed by atoms with van der Waals surface area (Å²) >= 11 is 0. The summed E-state index contributed by atoms with van der Waals surface area (Å²) in [6.45, 7) is 0.512. The number of amides is 2. The molecule has 2 N–H and O–H groups in total. The number of anilines is 2. The fourth-order valence-corrected chi connectivity index (χ4v) is 3.46. The summed E-state index contributed by atoms with van der Waals surface area (Å²) in [6.07, 6.45) is 0.529. The molecule has 4 nitrogen and oxygen atoms in total. The first kappa shape index (κ1) is 16.4. The molecule has 1 atom stereocenters. The van der Waals surface area contributed by atoms with Crippen LogP contribution in [0.2, 0.25) is 0 Å². The molecule has 3 aromatic rings. The normalized spacial score (nSPS) is 15.7. The van der Waals surface area contributed by atoms with Crippen molar-refractivity contribution in [2.75, 3.05) is 4.90 Å². The van der Waals surface area contributed by atoms with Gasteiger partial charge in [0.05, 0.1) is 24.1 Å². The molecular formula is C22H20N2O2. The molecule has 1 heterocycles. The summed E-state index contributed by atoms with van der Waals surface area (Å²) < 4.78 is 6.28. The van der Waals surface area contributed by atoms with Gasteiger partial charge in [-0.05, 0) is 23.3 Å². The molecule has 0 saturated carbocycles. The van der Waals surface area contributed by atoms with E-state index < -0.39 is 6.03 Å². The summed E-state index contributed by atoms with van der Waals surface area (Å²) in [5.41, 5.74) is 10.5. The monoisotopic (exact) mass is 344 g/mol. The highest BCUT2D eigenvalue weighted by molar-refractivity contribution is 6.00. The molecule has 0 bridgehead atoms. The number of benzene rings is 3. The lowest BCUT2D eigenvalue weighted by molar-refractivity contribution is 0.0408. The van der Waals surface area contributed by atoms with Gasteiger partial charge in [0.25, 0.3) is 0 Å². The molecule has 0 fully saturated rings. The van der Waals surface area contributed by atoms with E-state index in [0.717, 1.165) is 28.1 Å². The van der Waals surface area contributed by atoms with Crippen LogP contribution < -0.4 is 10.6 Å². The molecule has 1 aliphatic heterocycles. The molecule has 26 heavy (non-hydrogen) atoms. The molecule has 0 saturated heterocycles. The third kappa shape index (κ3) is 3.07. The lowest BCUT2D eigenvalue weighted by Crippen LogP contribution is -2.32. The van der Waals surface area contributed by atoms with Crippen LogP contribution in [0.4, 0.5) is 16.2 Å². The van der Waals surface area contributed by atoms with Crippen LogP contribution in [0.1, 0.15) is 22.8 Å². The summed E-state index contributed by atoms with van der Waals surface area (Å²) in [5.74, 6) is 0. The first-order chi connectivity index (χ1) is 12.7. The molecule has 3 aromatic carbocycles. The lowest BCUT2D eigenvalue weighted by Gasteiger charge is -2.23. The molecule has 0 radical (unpaired) electrons. The van der Waals surface area contributed by atoms with E-state index in [9.17, 15) is 4.79 Å². The van der Waals surface area contributed by atoms with Gasteiger partial charge in [0.2, 0.25) is 0 Å². The van der Waals surface area contributed by atoms with E-state index in [1.807, 2.05) is 78.9 Å². The molecular weight excluding hydrogens is 324 g/mol. The molecule has 130 valence electrons. The van der Waals surface area contributed by atoms with Crippen molar-refractivity contribution in [1.82, 2.24) is 0 Å². The second-order valence-electron chi connectivity index (χ2n) is 6.35. The van der Waals surface area contributed by atoms with Crippen LogP contribution in [0.5, 0.6) is 0 Å². The van der Waals surface area contributed by atoms with Gasteiger partial charge in [-0.25, -0.2) is 4.79 Å². The van der Waals surface area contributed by atoms with Crippen molar-refractivity contribution >= 4 is 17.4 Å². The number of carbonyl (C=O) groups is 1. The van der Waals surface area contributed by atoms with Crippen LogP contribution in [-0.2, 0) is 17.8 Å². The number of primary amides is 1. The number of hydrogen-bond donors (Lipinski definition) is 1. The number of urea groups is 1. The molecule has 4 rings (SSSR count). The third-order valence-electron chi connectivity index (χ3n) is 4.68. The van der Waals surface area contributed by atoms with Gasteiger partial charge in [0.15, 0.2) is 0 Å². The average Bonchev–Trinajstić information content (AvgIpc) is 2.81. The molecule has 4 heteroatoms. The van der Waals surface area contributed by atoms with Crippen molar-refractivity contribution < 1.29 is 9.53 Å². The number of hydrogen-bond acceptors (Lipinski definition) is 2. The van der Waals surface area contributed by atoms with Crippen molar-refractivity contribution in [2.45, 2.75) is 19.1 Å². The maximum atomic E-state index is 12.2. The molecule has 2 amide bonds.